The quantitative estimate of drug-likeness (QED) is 0.467. The van der Waals surface area contributed by atoms with E-state index in [1.807, 2.05) is 6.07 Å². The maximum absolute atomic E-state index is 8.27. The predicted molar refractivity (Wildman–Crippen MR) is 58.0 cm³/mol. The fourth-order valence-corrected chi connectivity index (χ4v) is 0.463. The fourth-order valence-electron chi connectivity index (χ4n) is 0.463. The molecule has 4 heteroatoms. The molecule has 0 unspecified atom stereocenters. The van der Waals surface area contributed by atoms with Crippen molar-refractivity contribution in [3.63, 3.8) is 0 Å². The van der Waals surface area contributed by atoms with Crippen molar-refractivity contribution in [2.75, 3.05) is 0 Å². The van der Waals surface area contributed by atoms with Crippen molar-refractivity contribution in [3.8, 4) is 6.07 Å². The van der Waals surface area contributed by atoms with Crippen molar-refractivity contribution >= 4 is 39.5 Å². The normalized spacial score (nSPS) is 6.64. The summed E-state index contributed by atoms with van der Waals surface area (Å²) in [6.45, 7) is 0. The summed E-state index contributed by atoms with van der Waals surface area (Å²) < 4.78 is 0. The Hall–Kier alpha value is 0.793. The molecule has 0 aromatic heterocycles. The molecule has 1 radical (unpaired) electrons. The van der Waals surface area contributed by atoms with Gasteiger partial charge in [-0.1, -0.05) is 12.1 Å². The number of benzene rings is 1. The monoisotopic (exact) mass is 420 g/mol. The summed E-state index contributed by atoms with van der Waals surface area (Å²) in [5.41, 5.74) is 0.660. The van der Waals surface area contributed by atoms with Gasteiger partial charge in [0, 0.05) is 0 Å². The van der Waals surface area contributed by atoms with Gasteiger partial charge in [-0.2, -0.15) is 5.26 Å². The Morgan fingerprint density at radius 1 is 1.55 bits per heavy atom. The molecule has 0 aliphatic heterocycles. The average molecular weight is 421 g/mol. The van der Waals surface area contributed by atoms with Crippen molar-refractivity contribution in [2.24, 2.45) is 0 Å². The summed E-state index contributed by atoms with van der Waals surface area (Å²) in [5.74, 6) is 0. The number of nitrogens with zero attached hydrogens (tertiary/aromatic N) is 1. The SMILES string of the molecule is N#Cc1c[c]ccc1.[I][Zn][I]. The van der Waals surface area contributed by atoms with Crippen LogP contribution in [0.4, 0.5) is 0 Å². The third kappa shape index (κ3) is 7.16. The minimum atomic E-state index is 0.0650. The fraction of sp³-hybridized carbons (Fsp3) is 0. The molecule has 1 nitrogen and oxygen atoms in total. The Bertz CT molecular complexity index is 220. The van der Waals surface area contributed by atoms with Crippen LogP contribution in [0.3, 0.4) is 0 Å². The molecule has 11 heavy (non-hydrogen) atoms. The van der Waals surface area contributed by atoms with Crippen molar-refractivity contribution < 1.29 is 10.1 Å². The zero-order chi connectivity index (χ0) is 8.53. The van der Waals surface area contributed by atoms with E-state index in [4.69, 9.17) is 5.26 Å². The Labute approximate surface area is 95.5 Å². The third-order valence-corrected chi connectivity index (χ3v) is 0.836. The number of hydrogen-bond acceptors (Lipinski definition) is 1. The predicted octanol–water partition coefficient (Wildman–Crippen LogP) is 3.13. The van der Waals surface area contributed by atoms with Gasteiger partial charge in [0.15, 0.2) is 0 Å². The average Bonchev–Trinajstić information content (AvgIpc) is 2.08. The van der Waals surface area contributed by atoms with E-state index in [9.17, 15) is 0 Å². The van der Waals surface area contributed by atoms with Crippen molar-refractivity contribution in [1.29, 1.82) is 5.26 Å². The van der Waals surface area contributed by atoms with Crippen LogP contribution in [-0.4, -0.2) is 0 Å². The summed E-state index contributed by atoms with van der Waals surface area (Å²) in [4.78, 5) is 0. The molecule has 53 valence electrons. The molecule has 0 N–H and O–H groups in total. The zero-order valence-corrected chi connectivity index (χ0v) is 13.0. The molecule has 0 saturated carbocycles. The second-order valence-electron chi connectivity index (χ2n) is 1.50. The second-order valence-corrected chi connectivity index (χ2v) is 25.0. The molecule has 0 aliphatic rings. The molecule has 0 saturated heterocycles. The van der Waals surface area contributed by atoms with Gasteiger partial charge in [-0.15, -0.1) is 0 Å². The molecule has 0 spiro atoms. The maximum atomic E-state index is 8.27. The second kappa shape index (κ2) is 8.89. The van der Waals surface area contributed by atoms with Gasteiger partial charge in [0.05, 0.1) is 11.6 Å². The van der Waals surface area contributed by atoms with Crippen molar-refractivity contribution in [3.05, 3.63) is 35.9 Å². The van der Waals surface area contributed by atoms with Gasteiger partial charge in [0.1, 0.15) is 0 Å². The summed E-state index contributed by atoms with van der Waals surface area (Å²) in [6.07, 6.45) is 0. The van der Waals surface area contributed by atoms with E-state index in [0.29, 0.717) is 5.56 Å². The van der Waals surface area contributed by atoms with Crippen LogP contribution in [0.1, 0.15) is 5.56 Å². The summed E-state index contributed by atoms with van der Waals surface area (Å²) in [7, 11) is 0.0650. The van der Waals surface area contributed by atoms with Gasteiger partial charge in [0.25, 0.3) is 0 Å². The number of nitriles is 1. The molecule has 0 fully saturated rings. The molecule has 0 aliphatic carbocycles. The van der Waals surface area contributed by atoms with Crippen LogP contribution in [0.15, 0.2) is 24.3 Å². The molecule has 0 atom stereocenters. The Balaban J connectivity index is 0.000000292. The molecule has 1 aromatic rings. The van der Waals surface area contributed by atoms with Crippen LogP contribution in [0.2, 0.25) is 0 Å². The summed E-state index contributed by atoms with van der Waals surface area (Å²) in [6, 6.07) is 11.7. The van der Waals surface area contributed by atoms with Crippen LogP contribution in [0, 0.1) is 17.4 Å². The number of halogens is 2. The third-order valence-electron chi connectivity index (χ3n) is 0.836. The van der Waals surface area contributed by atoms with Crippen LogP contribution in [-0.2, 0) is 10.1 Å². The van der Waals surface area contributed by atoms with Crippen LogP contribution in [0.25, 0.3) is 0 Å². The molecule has 0 bridgehead atoms. The van der Waals surface area contributed by atoms with Gasteiger partial charge < -0.3 is 0 Å². The standard InChI is InChI=1S/C7H4N.2HI.Zn/c8-6-7-4-2-1-3-5-7;;;/h1-2,4-5H;2*1H;/q;;;+2/p-2. The van der Waals surface area contributed by atoms with Gasteiger partial charge in [-0.3, -0.25) is 0 Å². The van der Waals surface area contributed by atoms with E-state index < -0.39 is 0 Å². The van der Waals surface area contributed by atoms with E-state index >= 15 is 0 Å². The van der Waals surface area contributed by atoms with Crippen molar-refractivity contribution in [2.45, 2.75) is 0 Å². The van der Waals surface area contributed by atoms with Gasteiger partial charge in [0.2, 0.25) is 0 Å². The number of rotatable bonds is 0. The van der Waals surface area contributed by atoms with Gasteiger partial charge in [-0.05, 0) is 18.2 Å². The Morgan fingerprint density at radius 2 is 2.18 bits per heavy atom. The Kier molecular flexibility index (Phi) is 9.53. The zero-order valence-electron chi connectivity index (χ0n) is 5.72. The first-order chi connectivity index (χ1) is 5.35. The number of hydrogen-bond donors (Lipinski definition) is 0. The van der Waals surface area contributed by atoms with Crippen LogP contribution in [0.5, 0.6) is 0 Å². The van der Waals surface area contributed by atoms with E-state index in [2.05, 4.69) is 45.6 Å². The first-order valence-corrected chi connectivity index (χ1v) is 20.9. The van der Waals surface area contributed by atoms with Crippen LogP contribution < -0.4 is 0 Å². The molecular weight excluding hydrogens is 417 g/mol. The van der Waals surface area contributed by atoms with Gasteiger partial charge in [-0.25, -0.2) is 0 Å². The van der Waals surface area contributed by atoms with Crippen LogP contribution >= 0.6 is 39.5 Å². The summed E-state index contributed by atoms with van der Waals surface area (Å²) >= 11 is 4.93. The first-order valence-electron chi connectivity index (χ1n) is 2.83. The molecule has 1 aromatic carbocycles. The van der Waals surface area contributed by atoms with E-state index in [1.165, 1.54) is 0 Å². The van der Waals surface area contributed by atoms with E-state index in [1.54, 1.807) is 24.3 Å². The topological polar surface area (TPSA) is 23.8 Å². The minimum absolute atomic E-state index is 0.0650. The molecule has 0 heterocycles. The van der Waals surface area contributed by atoms with Crippen molar-refractivity contribution in [1.82, 2.24) is 0 Å². The van der Waals surface area contributed by atoms with Gasteiger partial charge >= 0.3 is 49.6 Å². The summed E-state index contributed by atoms with van der Waals surface area (Å²) in [5, 5.41) is 8.27. The molecular formula is C7H4I2NZn. The molecule has 1 rings (SSSR count). The van der Waals surface area contributed by atoms with E-state index in [-0.39, 0.29) is 10.1 Å². The van der Waals surface area contributed by atoms with E-state index in [0.717, 1.165) is 0 Å². The molecule has 0 amide bonds. The first kappa shape index (κ1) is 11.8. The Morgan fingerprint density at radius 3 is 2.45 bits per heavy atom.